The summed E-state index contributed by atoms with van der Waals surface area (Å²) in [6, 6.07) is 10.7. The quantitative estimate of drug-likeness (QED) is 0.487. The molecule has 1 heterocycles. The molecule has 1 amide bonds. The van der Waals surface area contributed by atoms with Crippen molar-refractivity contribution in [2.45, 2.75) is 12.8 Å². The van der Waals surface area contributed by atoms with E-state index in [0.29, 0.717) is 33.7 Å². The van der Waals surface area contributed by atoms with Crippen LogP contribution in [0.25, 0.3) is 0 Å². The number of halogens is 2. The second-order valence-corrected chi connectivity index (χ2v) is 7.86. The molecule has 8 heteroatoms. The van der Waals surface area contributed by atoms with Crippen molar-refractivity contribution in [1.29, 1.82) is 0 Å². The molecule has 0 unspecified atom stereocenters. The number of nitrogens with two attached hydrogens (primary N) is 2. The van der Waals surface area contributed by atoms with Crippen LogP contribution in [0.2, 0.25) is 10.0 Å². The average Bonchev–Trinajstić information content (AvgIpc) is 2.70. The highest BCUT2D eigenvalue weighted by Gasteiger charge is 2.19. The number of carbonyl (C=O) groups is 1. The highest BCUT2D eigenvalue weighted by Crippen LogP contribution is 2.32. The van der Waals surface area contributed by atoms with Gasteiger partial charge in [-0.25, -0.2) is 0 Å². The lowest BCUT2D eigenvalue weighted by Gasteiger charge is -2.36. The number of hydrogen-bond acceptors (Lipinski definition) is 5. The number of nitrogens with zero attached hydrogens (tertiary/aromatic N) is 2. The fourth-order valence-corrected chi connectivity index (χ4v) is 3.85. The predicted octanol–water partition coefficient (Wildman–Crippen LogP) is 3.66. The molecule has 3 rings (SSSR count). The number of amides is 1. The molecule has 4 N–H and O–H groups in total. The number of benzene rings is 2. The van der Waals surface area contributed by atoms with Crippen molar-refractivity contribution in [1.82, 2.24) is 4.90 Å². The predicted molar refractivity (Wildman–Crippen MR) is 119 cm³/mol. The van der Waals surface area contributed by atoms with Gasteiger partial charge in [0.2, 0.25) is 0 Å². The topological polar surface area (TPSA) is 84.8 Å². The van der Waals surface area contributed by atoms with Gasteiger partial charge in [0.1, 0.15) is 5.75 Å². The van der Waals surface area contributed by atoms with Crippen LogP contribution in [0.1, 0.15) is 23.2 Å². The maximum Gasteiger partial charge on any atom is 0.250 e. The van der Waals surface area contributed by atoms with Crippen LogP contribution >= 0.6 is 23.2 Å². The number of nitrogen functional groups attached to an aromatic ring is 1. The summed E-state index contributed by atoms with van der Waals surface area (Å²) in [6.07, 6.45) is 1.99. The number of anilines is 2. The first-order valence-electron chi connectivity index (χ1n) is 9.69. The van der Waals surface area contributed by atoms with Crippen LogP contribution in [0.3, 0.4) is 0 Å². The highest BCUT2D eigenvalue weighted by molar-refractivity contribution is 6.43. The third-order valence-corrected chi connectivity index (χ3v) is 5.88. The second-order valence-electron chi connectivity index (χ2n) is 7.07. The van der Waals surface area contributed by atoms with E-state index < -0.39 is 5.91 Å². The fraction of sp³-hybridized carbons (Fsp3) is 0.381. The SMILES string of the molecule is NC(=O)c1ccc(OCCCCN2CCN(c3cccc(Cl)c3Cl)CC2)cc1N. The first-order valence-corrected chi connectivity index (χ1v) is 10.4. The average molecular weight is 437 g/mol. The summed E-state index contributed by atoms with van der Waals surface area (Å²) in [5, 5.41) is 1.22. The highest BCUT2D eigenvalue weighted by atomic mass is 35.5. The van der Waals surface area contributed by atoms with Crippen molar-refractivity contribution in [2.24, 2.45) is 5.73 Å². The van der Waals surface area contributed by atoms with Gasteiger partial charge in [0.25, 0.3) is 5.91 Å². The number of unbranched alkanes of at least 4 members (excludes halogenated alkanes) is 1. The zero-order chi connectivity index (χ0) is 20.8. The summed E-state index contributed by atoms with van der Waals surface area (Å²) in [5.41, 5.74) is 12.7. The summed E-state index contributed by atoms with van der Waals surface area (Å²) in [4.78, 5) is 15.9. The third kappa shape index (κ3) is 5.69. The molecule has 1 saturated heterocycles. The van der Waals surface area contributed by atoms with E-state index in [-0.39, 0.29) is 0 Å². The molecule has 0 atom stereocenters. The Hall–Kier alpha value is -2.15. The molecule has 0 aromatic heterocycles. The first kappa shape index (κ1) is 21.6. The van der Waals surface area contributed by atoms with Crippen LogP contribution in [0, 0.1) is 0 Å². The molecule has 0 spiro atoms. The van der Waals surface area contributed by atoms with E-state index in [1.807, 2.05) is 18.2 Å². The minimum absolute atomic E-state index is 0.315. The Balaban J connectivity index is 1.35. The molecule has 1 aliphatic heterocycles. The monoisotopic (exact) mass is 436 g/mol. The molecular weight excluding hydrogens is 411 g/mol. The molecule has 29 heavy (non-hydrogen) atoms. The van der Waals surface area contributed by atoms with Crippen molar-refractivity contribution in [3.05, 3.63) is 52.0 Å². The van der Waals surface area contributed by atoms with Gasteiger partial charge in [-0.15, -0.1) is 0 Å². The zero-order valence-electron chi connectivity index (χ0n) is 16.2. The fourth-order valence-electron chi connectivity index (χ4n) is 3.43. The van der Waals surface area contributed by atoms with E-state index in [1.165, 1.54) is 0 Å². The number of rotatable bonds is 8. The standard InChI is InChI=1S/C21H26Cl2N4O2/c22-17-4-3-5-19(20(17)23)27-11-9-26(10-12-27)8-1-2-13-29-15-6-7-16(21(25)28)18(24)14-15/h3-7,14H,1-2,8-13,24H2,(H2,25,28). The van der Waals surface area contributed by atoms with Gasteiger partial charge in [-0.05, 0) is 43.7 Å². The Labute approximate surface area is 181 Å². The van der Waals surface area contributed by atoms with Crippen molar-refractivity contribution < 1.29 is 9.53 Å². The van der Waals surface area contributed by atoms with Crippen LogP contribution in [0.15, 0.2) is 36.4 Å². The summed E-state index contributed by atoms with van der Waals surface area (Å²) in [5.74, 6) is 0.117. The Kier molecular flexibility index (Phi) is 7.47. The number of carbonyl (C=O) groups excluding carboxylic acids is 1. The largest absolute Gasteiger partial charge is 0.494 e. The van der Waals surface area contributed by atoms with Crippen molar-refractivity contribution in [3.63, 3.8) is 0 Å². The van der Waals surface area contributed by atoms with Gasteiger partial charge in [0.15, 0.2) is 0 Å². The Morgan fingerprint density at radius 2 is 1.83 bits per heavy atom. The minimum atomic E-state index is -0.535. The van der Waals surface area contributed by atoms with Gasteiger partial charge >= 0.3 is 0 Å². The zero-order valence-corrected chi connectivity index (χ0v) is 17.8. The minimum Gasteiger partial charge on any atom is -0.494 e. The Morgan fingerprint density at radius 1 is 1.07 bits per heavy atom. The lowest BCUT2D eigenvalue weighted by atomic mass is 10.1. The maximum absolute atomic E-state index is 11.2. The smallest absolute Gasteiger partial charge is 0.250 e. The van der Waals surface area contributed by atoms with Gasteiger partial charge < -0.3 is 21.1 Å². The molecule has 1 aliphatic rings. The van der Waals surface area contributed by atoms with Crippen molar-refractivity contribution >= 4 is 40.5 Å². The van der Waals surface area contributed by atoms with Gasteiger partial charge in [-0.3, -0.25) is 9.69 Å². The van der Waals surface area contributed by atoms with E-state index in [2.05, 4.69) is 9.80 Å². The molecule has 156 valence electrons. The number of hydrogen-bond donors (Lipinski definition) is 2. The molecular formula is C21H26Cl2N4O2. The van der Waals surface area contributed by atoms with Crippen molar-refractivity contribution in [3.8, 4) is 5.75 Å². The lowest BCUT2D eigenvalue weighted by Crippen LogP contribution is -2.46. The lowest BCUT2D eigenvalue weighted by molar-refractivity contribution is 0.100. The van der Waals surface area contributed by atoms with E-state index >= 15 is 0 Å². The second kappa shape index (κ2) is 10.1. The first-order chi connectivity index (χ1) is 14.0. The van der Waals surface area contributed by atoms with Gasteiger partial charge in [0.05, 0.1) is 27.9 Å². The van der Waals surface area contributed by atoms with Crippen LogP contribution in [-0.2, 0) is 0 Å². The maximum atomic E-state index is 11.2. The molecule has 0 bridgehead atoms. The molecule has 6 nitrogen and oxygen atoms in total. The molecule has 2 aromatic carbocycles. The van der Waals surface area contributed by atoms with Crippen LogP contribution in [0.4, 0.5) is 11.4 Å². The van der Waals surface area contributed by atoms with Gasteiger partial charge in [-0.1, -0.05) is 29.3 Å². The Bertz CT molecular complexity index is 855. The summed E-state index contributed by atoms with van der Waals surface area (Å²) >= 11 is 12.5. The summed E-state index contributed by atoms with van der Waals surface area (Å²) in [6.45, 7) is 5.49. The van der Waals surface area contributed by atoms with E-state index in [1.54, 1.807) is 18.2 Å². The van der Waals surface area contributed by atoms with E-state index in [0.717, 1.165) is 51.3 Å². The molecule has 0 saturated carbocycles. The van der Waals surface area contributed by atoms with Crippen molar-refractivity contribution in [2.75, 3.05) is 50.0 Å². The third-order valence-electron chi connectivity index (χ3n) is 5.07. The molecule has 0 aliphatic carbocycles. The molecule has 0 radical (unpaired) electrons. The van der Waals surface area contributed by atoms with Crippen LogP contribution < -0.4 is 21.1 Å². The number of ether oxygens (including phenoxy) is 1. The Morgan fingerprint density at radius 3 is 2.52 bits per heavy atom. The molecule has 1 fully saturated rings. The summed E-state index contributed by atoms with van der Waals surface area (Å²) in [7, 11) is 0. The summed E-state index contributed by atoms with van der Waals surface area (Å²) < 4.78 is 5.72. The van der Waals surface area contributed by atoms with Crippen LogP contribution in [0.5, 0.6) is 5.75 Å². The number of piperazine rings is 1. The normalized spacial score (nSPS) is 14.8. The van der Waals surface area contributed by atoms with Gasteiger partial charge in [-0.2, -0.15) is 0 Å². The van der Waals surface area contributed by atoms with E-state index in [9.17, 15) is 4.79 Å². The van der Waals surface area contributed by atoms with Gasteiger partial charge in [0, 0.05) is 37.9 Å². The van der Waals surface area contributed by atoms with Crippen LogP contribution in [-0.4, -0.2) is 50.1 Å². The van der Waals surface area contributed by atoms with E-state index in [4.69, 9.17) is 39.4 Å². The number of primary amides is 1. The molecule has 2 aromatic rings.